The summed E-state index contributed by atoms with van der Waals surface area (Å²) in [6, 6.07) is 9.41. The summed E-state index contributed by atoms with van der Waals surface area (Å²) in [6.07, 6.45) is 0.785. The number of amides is 2. The molecule has 2 rings (SSSR count). The Hall–Kier alpha value is -1.47. The minimum Gasteiger partial charge on any atom is -0.483 e. The van der Waals surface area contributed by atoms with Crippen molar-refractivity contribution in [2.75, 3.05) is 6.61 Å². The Morgan fingerprint density at radius 3 is 2.42 bits per heavy atom. The van der Waals surface area contributed by atoms with Crippen molar-refractivity contribution in [3.63, 3.8) is 0 Å². The second-order valence-electron chi connectivity index (χ2n) is 7.13. The fraction of sp³-hybridized carbons (Fsp3) is 0.364. The van der Waals surface area contributed by atoms with Gasteiger partial charge in [0.15, 0.2) is 6.61 Å². The molecule has 0 unspecified atom stereocenters. The maximum Gasteiger partial charge on any atom is 0.261 e. The molecule has 1 N–H and O–H groups in total. The summed E-state index contributed by atoms with van der Waals surface area (Å²) >= 11 is 21.4. The Morgan fingerprint density at radius 1 is 1.10 bits per heavy atom. The van der Waals surface area contributed by atoms with Crippen LogP contribution in [0.4, 0.5) is 0 Å². The molecule has 0 aliphatic rings. The zero-order chi connectivity index (χ0) is 23.1. The van der Waals surface area contributed by atoms with Crippen molar-refractivity contribution in [3.8, 4) is 5.75 Å². The van der Waals surface area contributed by atoms with Crippen molar-refractivity contribution in [2.24, 2.45) is 0 Å². The zero-order valence-corrected chi connectivity index (χ0v) is 21.3. The van der Waals surface area contributed by atoms with E-state index in [2.05, 4.69) is 21.2 Å². The molecule has 0 heterocycles. The van der Waals surface area contributed by atoms with Crippen molar-refractivity contribution < 1.29 is 14.3 Å². The monoisotopic (exact) mass is 548 g/mol. The van der Waals surface area contributed by atoms with Gasteiger partial charge >= 0.3 is 0 Å². The van der Waals surface area contributed by atoms with E-state index in [1.165, 1.54) is 4.90 Å². The molecule has 0 aliphatic carbocycles. The number of carbonyl (C=O) groups is 2. The Morgan fingerprint density at radius 2 is 1.81 bits per heavy atom. The van der Waals surface area contributed by atoms with Crippen LogP contribution in [0.2, 0.25) is 15.1 Å². The lowest BCUT2D eigenvalue weighted by Crippen LogP contribution is -2.50. The molecular formula is C22H24BrCl3N2O3. The van der Waals surface area contributed by atoms with Gasteiger partial charge in [-0.1, -0.05) is 47.8 Å². The lowest BCUT2D eigenvalue weighted by atomic mass is 10.1. The van der Waals surface area contributed by atoms with E-state index in [1.807, 2.05) is 13.8 Å². The fourth-order valence-electron chi connectivity index (χ4n) is 2.70. The number of ether oxygens (including phenoxy) is 1. The highest BCUT2D eigenvalue weighted by molar-refractivity contribution is 9.10. The summed E-state index contributed by atoms with van der Waals surface area (Å²) in [5, 5.41) is 4.26. The maximum atomic E-state index is 13.1. The van der Waals surface area contributed by atoms with E-state index in [-0.39, 0.29) is 31.0 Å². The second kappa shape index (κ2) is 12.0. The molecule has 0 aliphatic heterocycles. The molecule has 9 heteroatoms. The van der Waals surface area contributed by atoms with Crippen molar-refractivity contribution in [1.82, 2.24) is 10.2 Å². The van der Waals surface area contributed by atoms with Crippen LogP contribution in [0.5, 0.6) is 5.75 Å². The molecule has 168 valence electrons. The number of hydrogen-bond donors (Lipinski definition) is 1. The highest BCUT2D eigenvalue weighted by atomic mass is 79.9. The van der Waals surface area contributed by atoms with Crippen LogP contribution >= 0.6 is 50.7 Å². The van der Waals surface area contributed by atoms with Gasteiger partial charge in [-0.25, -0.2) is 0 Å². The highest BCUT2D eigenvalue weighted by Crippen LogP contribution is 2.28. The Labute approximate surface area is 206 Å². The van der Waals surface area contributed by atoms with Gasteiger partial charge in [0.2, 0.25) is 5.91 Å². The van der Waals surface area contributed by atoms with Gasteiger partial charge in [-0.15, -0.1) is 0 Å². The summed E-state index contributed by atoms with van der Waals surface area (Å²) in [5.74, 6) is -0.112. The lowest BCUT2D eigenvalue weighted by molar-refractivity contribution is -0.142. The number of nitrogens with one attached hydrogen (secondary N) is 1. The molecule has 0 saturated carbocycles. The minimum atomic E-state index is -0.715. The molecule has 0 bridgehead atoms. The Bertz CT molecular complexity index is 942. The number of carbonyl (C=O) groups excluding carboxylic acids is 2. The second-order valence-corrected chi connectivity index (χ2v) is 9.23. The molecule has 0 spiro atoms. The smallest absolute Gasteiger partial charge is 0.261 e. The Kier molecular flexibility index (Phi) is 9.94. The quantitative estimate of drug-likeness (QED) is 0.409. The van der Waals surface area contributed by atoms with E-state index in [0.29, 0.717) is 25.3 Å². The van der Waals surface area contributed by atoms with Gasteiger partial charge in [0.25, 0.3) is 5.91 Å². The number of halogens is 4. The summed E-state index contributed by atoms with van der Waals surface area (Å²) in [5.41, 5.74) is 0.749. The third kappa shape index (κ3) is 7.56. The van der Waals surface area contributed by atoms with E-state index in [9.17, 15) is 9.59 Å². The number of rotatable bonds is 9. The number of hydrogen-bond acceptors (Lipinski definition) is 3. The van der Waals surface area contributed by atoms with Gasteiger partial charge in [0.1, 0.15) is 11.8 Å². The molecule has 2 aromatic carbocycles. The summed E-state index contributed by atoms with van der Waals surface area (Å²) in [6.45, 7) is 5.51. The van der Waals surface area contributed by atoms with Crippen molar-refractivity contribution in [1.29, 1.82) is 0 Å². The van der Waals surface area contributed by atoms with Gasteiger partial charge in [-0.2, -0.15) is 0 Å². The van der Waals surface area contributed by atoms with Gasteiger partial charge in [0, 0.05) is 17.6 Å². The number of benzene rings is 2. The van der Waals surface area contributed by atoms with E-state index in [1.54, 1.807) is 43.3 Å². The molecule has 2 atom stereocenters. The molecule has 2 aromatic rings. The number of nitrogens with zero attached hydrogens (tertiary/aromatic N) is 1. The van der Waals surface area contributed by atoms with Gasteiger partial charge in [0.05, 0.1) is 14.5 Å². The van der Waals surface area contributed by atoms with Crippen LogP contribution in [-0.2, 0) is 16.1 Å². The largest absolute Gasteiger partial charge is 0.483 e. The predicted octanol–water partition coefficient (Wildman–Crippen LogP) is 6.12. The molecule has 2 amide bonds. The van der Waals surface area contributed by atoms with E-state index in [4.69, 9.17) is 39.5 Å². The average molecular weight is 551 g/mol. The van der Waals surface area contributed by atoms with Gasteiger partial charge < -0.3 is 15.0 Å². The molecule has 0 radical (unpaired) electrons. The van der Waals surface area contributed by atoms with Crippen molar-refractivity contribution in [3.05, 3.63) is 61.5 Å². The normalized spacial score (nSPS) is 12.7. The lowest BCUT2D eigenvalue weighted by Gasteiger charge is -2.29. The topological polar surface area (TPSA) is 58.6 Å². The van der Waals surface area contributed by atoms with Gasteiger partial charge in [-0.05, 0) is 72.1 Å². The van der Waals surface area contributed by atoms with Crippen LogP contribution in [0.1, 0.15) is 32.8 Å². The Balaban J connectivity index is 2.20. The predicted molar refractivity (Wildman–Crippen MR) is 129 cm³/mol. The SMILES string of the molecule is CC[C@H](C)NC(=O)[C@@H](C)N(Cc1ccc(Cl)c(Cl)c1)C(=O)COc1ccc(Cl)cc1Br. The average Bonchev–Trinajstić information content (AvgIpc) is 2.72. The van der Waals surface area contributed by atoms with Crippen LogP contribution in [0.3, 0.4) is 0 Å². The molecule has 0 saturated heterocycles. The first-order chi connectivity index (χ1) is 14.6. The first-order valence-electron chi connectivity index (χ1n) is 9.74. The highest BCUT2D eigenvalue weighted by Gasteiger charge is 2.27. The van der Waals surface area contributed by atoms with Crippen LogP contribution in [0, 0.1) is 0 Å². The van der Waals surface area contributed by atoms with Crippen LogP contribution in [0.15, 0.2) is 40.9 Å². The third-order valence-electron chi connectivity index (χ3n) is 4.75. The van der Waals surface area contributed by atoms with E-state index < -0.39 is 6.04 Å². The summed E-state index contributed by atoms with van der Waals surface area (Å²) in [4.78, 5) is 27.3. The van der Waals surface area contributed by atoms with Crippen LogP contribution < -0.4 is 10.1 Å². The molecule has 0 aromatic heterocycles. The minimum absolute atomic E-state index is 0.00171. The molecule has 31 heavy (non-hydrogen) atoms. The van der Waals surface area contributed by atoms with Crippen LogP contribution in [0.25, 0.3) is 0 Å². The van der Waals surface area contributed by atoms with Crippen molar-refractivity contribution in [2.45, 2.75) is 45.8 Å². The first-order valence-corrected chi connectivity index (χ1v) is 11.7. The van der Waals surface area contributed by atoms with Crippen LogP contribution in [-0.4, -0.2) is 35.4 Å². The maximum absolute atomic E-state index is 13.1. The third-order valence-corrected chi connectivity index (χ3v) is 6.34. The summed E-state index contributed by atoms with van der Waals surface area (Å²) < 4.78 is 6.30. The molecule has 0 fully saturated rings. The summed E-state index contributed by atoms with van der Waals surface area (Å²) in [7, 11) is 0. The standard InChI is InChI=1S/C22H24BrCl3N2O3/c1-4-13(2)27-22(30)14(3)28(11-15-5-7-18(25)19(26)9-15)21(29)12-31-20-8-6-16(24)10-17(20)23/h5-10,13-14H,4,11-12H2,1-3H3,(H,27,30)/t13-,14+/m0/s1. The molecular weight excluding hydrogens is 527 g/mol. The fourth-order valence-corrected chi connectivity index (χ4v) is 3.82. The van der Waals surface area contributed by atoms with E-state index >= 15 is 0 Å². The first kappa shape index (κ1) is 25.8. The molecule has 5 nitrogen and oxygen atoms in total. The van der Waals surface area contributed by atoms with Crippen molar-refractivity contribution >= 4 is 62.5 Å². The van der Waals surface area contributed by atoms with Gasteiger partial charge in [-0.3, -0.25) is 9.59 Å². The van der Waals surface area contributed by atoms with E-state index in [0.717, 1.165) is 12.0 Å². The zero-order valence-electron chi connectivity index (χ0n) is 17.4.